The second kappa shape index (κ2) is 6.75. The van der Waals surface area contributed by atoms with Crippen LogP contribution in [-0.4, -0.2) is 29.1 Å². The van der Waals surface area contributed by atoms with Gasteiger partial charge in [0.15, 0.2) is 5.82 Å². The Balaban J connectivity index is 1.90. The van der Waals surface area contributed by atoms with E-state index in [0.717, 1.165) is 10.5 Å². The number of anilines is 1. The van der Waals surface area contributed by atoms with E-state index in [9.17, 15) is 4.79 Å². The number of ether oxygens (including phenoxy) is 1. The number of aromatic nitrogens is 2. The molecule has 0 bridgehead atoms. The van der Waals surface area contributed by atoms with Crippen LogP contribution in [0.1, 0.15) is 6.92 Å². The van der Waals surface area contributed by atoms with Crippen LogP contribution in [-0.2, 0) is 4.74 Å². The monoisotopic (exact) mass is 327 g/mol. The van der Waals surface area contributed by atoms with Gasteiger partial charge >= 0.3 is 6.09 Å². The van der Waals surface area contributed by atoms with Crippen LogP contribution in [0.5, 0.6) is 0 Å². The average molecular weight is 327 g/mol. The minimum atomic E-state index is -0.408. The molecule has 118 valence electrons. The van der Waals surface area contributed by atoms with Crippen molar-refractivity contribution in [3.05, 3.63) is 54.9 Å². The first-order chi connectivity index (χ1) is 11.2. The normalized spacial score (nSPS) is 10.7. The summed E-state index contributed by atoms with van der Waals surface area (Å²) >= 11 is 1.68. The first-order valence-electron chi connectivity index (χ1n) is 7.28. The van der Waals surface area contributed by atoms with E-state index in [0.29, 0.717) is 12.4 Å². The van der Waals surface area contributed by atoms with Gasteiger partial charge in [0.2, 0.25) is 0 Å². The van der Waals surface area contributed by atoms with Gasteiger partial charge in [-0.15, -0.1) is 0 Å². The van der Waals surface area contributed by atoms with Gasteiger partial charge in [-0.3, -0.25) is 4.90 Å². The van der Waals surface area contributed by atoms with Crippen molar-refractivity contribution < 1.29 is 9.53 Å². The van der Waals surface area contributed by atoms with E-state index in [2.05, 4.69) is 17.1 Å². The summed E-state index contributed by atoms with van der Waals surface area (Å²) in [4.78, 5) is 20.0. The van der Waals surface area contributed by atoms with E-state index in [1.54, 1.807) is 11.8 Å². The van der Waals surface area contributed by atoms with Crippen LogP contribution >= 0.6 is 11.8 Å². The SMILES string of the molecule is CCN(C(=O)OC)c1cn2cc(Sc3ccccc3)ccc2n1. The molecule has 0 atom stereocenters. The van der Waals surface area contributed by atoms with Crippen LogP contribution in [0.15, 0.2) is 64.6 Å². The molecule has 0 aliphatic carbocycles. The topological polar surface area (TPSA) is 46.8 Å². The molecule has 2 aromatic heterocycles. The van der Waals surface area contributed by atoms with E-state index in [1.807, 2.05) is 54.0 Å². The number of pyridine rings is 1. The maximum atomic E-state index is 11.8. The van der Waals surface area contributed by atoms with E-state index in [-0.39, 0.29) is 0 Å². The third-order valence-corrected chi connectivity index (χ3v) is 4.36. The van der Waals surface area contributed by atoms with Gasteiger partial charge in [0, 0.05) is 22.5 Å². The fourth-order valence-electron chi connectivity index (χ4n) is 2.27. The summed E-state index contributed by atoms with van der Waals surface area (Å²) < 4.78 is 6.71. The Morgan fingerprint density at radius 3 is 2.65 bits per heavy atom. The summed E-state index contributed by atoms with van der Waals surface area (Å²) in [5.41, 5.74) is 0.791. The van der Waals surface area contributed by atoms with Crippen LogP contribution in [0.4, 0.5) is 10.6 Å². The highest BCUT2D eigenvalue weighted by Gasteiger charge is 2.17. The van der Waals surface area contributed by atoms with Gasteiger partial charge in [0.25, 0.3) is 0 Å². The summed E-state index contributed by atoms with van der Waals surface area (Å²) in [6, 6.07) is 14.2. The Bertz CT molecular complexity index is 817. The molecule has 23 heavy (non-hydrogen) atoms. The number of amides is 1. The van der Waals surface area contributed by atoms with Crippen molar-refractivity contribution in [2.24, 2.45) is 0 Å². The summed E-state index contributed by atoms with van der Waals surface area (Å²) in [5, 5.41) is 0. The van der Waals surface area contributed by atoms with Crippen LogP contribution in [0.25, 0.3) is 5.65 Å². The molecule has 0 N–H and O–H groups in total. The number of fused-ring (bicyclic) bond motifs is 1. The number of hydrogen-bond donors (Lipinski definition) is 0. The zero-order valence-electron chi connectivity index (χ0n) is 13.0. The number of benzene rings is 1. The Morgan fingerprint density at radius 2 is 1.96 bits per heavy atom. The molecule has 0 saturated heterocycles. The number of carbonyl (C=O) groups excluding carboxylic acids is 1. The van der Waals surface area contributed by atoms with Crippen LogP contribution in [0, 0.1) is 0 Å². The maximum Gasteiger partial charge on any atom is 0.415 e. The van der Waals surface area contributed by atoms with E-state index in [1.165, 1.54) is 16.9 Å². The summed E-state index contributed by atoms with van der Waals surface area (Å²) in [6.07, 6.45) is 3.44. The number of imidazole rings is 1. The Hall–Kier alpha value is -2.47. The summed E-state index contributed by atoms with van der Waals surface area (Å²) in [6.45, 7) is 2.39. The zero-order chi connectivity index (χ0) is 16.2. The number of rotatable bonds is 4. The highest BCUT2D eigenvalue weighted by molar-refractivity contribution is 7.99. The van der Waals surface area contributed by atoms with Gasteiger partial charge in [0.05, 0.1) is 13.3 Å². The number of carbonyl (C=O) groups is 1. The van der Waals surface area contributed by atoms with Crippen molar-refractivity contribution in [2.75, 3.05) is 18.6 Å². The maximum absolute atomic E-state index is 11.8. The lowest BCUT2D eigenvalue weighted by Gasteiger charge is -2.15. The number of hydrogen-bond acceptors (Lipinski definition) is 4. The molecule has 0 unspecified atom stereocenters. The molecule has 1 aromatic carbocycles. The molecular formula is C17H17N3O2S. The quantitative estimate of drug-likeness (QED) is 0.724. The van der Waals surface area contributed by atoms with Crippen LogP contribution in [0.3, 0.4) is 0 Å². The average Bonchev–Trinajstić information content (AvgIpc) is 2.99. The molecule has 2 heterocycles. The van der Waals surface area contributed by atoms with Gasteiger partial charge in [0.1, 0.15) is 5.65 Å². The molecule has 0 aliphatic heterocycles. The van der Waals surface area contributed by atoms with Gasteiger partial charge < -0.3 is 9.14 Å². The minimum absolute atomic E-state index is 0.408. The molecule has 0 radical (unpaired) electrons. The van der Waals surface area contributed by atoms with Crippen molar-refractivity contribution in [1.82, 2.24) is 9.38 Å². The summed E-state index contributed by atoms with van der Waals surface area (Å²) in [5.74, 6) is 0.584. The van der Waals surface area contributed by atoms with Gasteiger partial charge in [-0.05, 0) is 31.2 Å². The minimum Gasteiger partial charge on any atom is -0.452 e. The van der Waals surface area contributed by atoms with Gasteiger partial charge in [-0.25, -0.2) is 9.78 Å². The Morgan fingerprint density at radius 1 is 1.17 bits per heavy atom. The van der Waals surface area contributed by atoms with E-state index >= 15 is 0 Å². The highest BCUT2D eigenvalue weighted by Crippen LogP contribution is 2.28. The Kier molecular flexibility index (Phi) is 4.52. The predicted octanol–water partition coefficient (Wildman–Crippen LogP) is 4.08. The summed E-state index contributed by atoms with van der Waals surface area (Å²) in [7, 11) is 1.37. The molecular weight excluding hydrogens is 310 g/mol. The largest absolute Gasteiger partial charge is 0.452 e. The molecule has 3 aromatic rings. The highest BCUT2D eigenvalue weighted by atomic mass is 32.2. The fourth-order valence-corrected chi connectivity index (χ4v) is 3.14. The van der Waals surface area contributed by atoms with E-state index in [4.69, 9.17) is 4.74 Å². The van der Waals surface area contributed by atoms with Gasteiger partial charge in [-0.2, -0.15) is 0 Å². The molecule has 1 amide bonds. The fraction of sp³-hybridized carbons (Fsp3) is 0.176. The molecule has 5 nitrogen and oxygen atoms in total. The molecule has 3 rings (SSSR count). The predicted molar refractivity (Wildman–Crippen MR) is 91.2 cm³/mol. The number of nitrogens with zero attached hydrogens (tertiary/aromatic N) is 3. The Labute approximate surface area is 138 Å². The van der Waals surface area contributed by atoms with Crippen molar-refractivity contribution in [2.45, 2.75) is 16.7 Å². The van der Waals surface area contributed by atoms with Crippen molar-refractivity contribution >= 4 is 29.3 Å². The van der Waals surface area contributed by atoms with Crippen molar-refractivity contribution in [1.29, 1.82) is 0 Å². The molecule has 0 aliphatic rings. The molecule has 0 fully saturated rings. The van der Waals surface area contributed by atoms with Crippen LogP contribution in [0.2, 0.25) is 0 Å². The lowest BCUT2D eigenvalue weighted by atomic mass is 10.4. The number of methoxy groups -OCH3 is 1. The second-order valence-electron chi connectivity index (χ2n) is 4.86. The third-order valence-electron chi connectivity index (χ3n) is 3.38. The molecule has 6 heteroatoms. The first kappa shape index (κ1) is 15.4. The smallest absolute Gasteiger partial charge is 0.415 e. The van der Waals surface area contributed by atoms with Gasteiger partial charge in [-0.1, -0.05) is 30.0 Å². The second-order valence-corrected chi connectivity index (χ2v) is 6.01. The molecule has 0 saturated carbocycles. The molecule has 0 spiro atoms. The third kappa shape index (κ3) is 3.32. The lowest BCUT2D eigenvalue weighted by molar-refractivity contribution is 0.179. The standard InChI is InChI=1S/C17H17N3O2S/c1-3-20(17(21)22-2)16-12-19-11-14(9-10-15(19)18-16)23-13-7-5-4-6-8-13/h4-12H,3H2,1-2H3. The lowest BCUT2D eigenvalue weighted by Crippen LogP contribution is -2.30. The zero-order valence-corrected chi connectivity index (χ0v) is 13.8. The van der Waals surface area contributed by atoms with Crippen molar-refractivity contribution in [3.8, 4) is 0 Å². The van der Waals surface area contributed by atoms with E-state index < -0.39 is 6.09 Å². The van der Waals surface area contributed by atoms with Crippen LogP contribution < -0.4 is 4.90 Å². The van der Waals surface area contributed by atoms with Crippen molar-refractivity contribution in [3.63, 3.8) is 0 Å². The first-order valence-corrected chi connectivity index (χ1v) is 8.10.